The second kappa shape index (κ2) is 5.39. The number of rotatable bonds is 3. The van der Waals surface area contributed by atoms with Crippen molar-refractivity contribution in [1.82, 2.24) is 10.2 Å². The van der Waals surface area contributed by atoms with Gasteiger partial charge in [0.05, 0.1) is 5.52 Å². The summed E-state index contributed by atoms with van der Waals surface area (Å²) in [6.45, 7) is 0. The molecule has 0 saturated heterocycles. The third-order valence-corrected chi connectivity index (χ3v) is 3.86. The van der Waals surface area contributed by atoms with Crippen LogP contribution in [0, 0.1) is 0 Å². The van der Waals surface area contributed by atoms with Crippen LogP contribution in [0.1, 0.15) is 21.6 Å². The minimum absolute atomic E-state index is 0.0192. The number of nitrogens with zero attached hydrogens (tertiary/aromatic N) is 1. The van der Waals surface area contributed by atoms with E-state index in [2.05, 4.69) is 10.2 Å². The molecular weight excluding hydrogens is 311 g/mol. The summed E-state index contributed by atoms with van der Waals surface area (Å²) in [4.78, 5) is 11.3. The number of H-pyrrole nitrogens is 1. The lowest BCUT2D eigenvalue weighted by Gasteiger charge is -2.07. The zero-order chi connectivity index (χ0) is 15.0. The van der Waals surface area contributed by atoms with E-state index in [9.17, 15) is 9.90 Å². The molecule has 4 nitrogen and oxygen atoms in total. The van der Waals surface area contributed by atoms with Crippen molar-refractivity contribution < 1.29 is 9.90 Å². The Morgan fingerprint density at radius 2 is 2.00 bits per heavy atom. The van der Waals surface area contributed by atoms with Crippen molar-refractivity contribution in [1.29, 1.82) is 0 Å². The number of carboxylic acid groups (broad SMARTS) is 1. The van der Waals surface area contributed by atoms with Gasteiger partial charge in [-0.05, 0) is 35.7 Å². The van der Waals surface area contributed by atoms with Gasteiger partial charge in [0.2, 0.25) is 0 Å². The van der Waals surface area contributed by atoms with Gasteiger partial charge in [-0.2, -0.15) is 5.10 Å². The predicted molar refractivity (Wildman–Crippen MR) is 82.3 cm³/mol. The molecule has 0 aliphatic heterocycles. The molecule has 0 atom stereocenters. The van der Waals surface area contributed by atoms with Gasteiger partial charge in [0.25, 0.3) is 0 Å². The van der Waals surface area contributed by atoms with Crippen molar-refractivity contribution in [3.8, 4) is 0 Å². The number of hydrogen-bond donors (Lipinski definition) is 2. The Morgan fingerprint density at radius 1 is 1.19 bits per heavy atom. The summed E-state index contributed by atoms with van der Waals surface area (Å²) < 4.78 is 0. The molecule has 0 spiro atoms. The molecule has 1 heterocycles. The van der Waals surface area contributed by atoms with E-state index in [0.29, 0.717) is 27.4 Å². The number of fused-ring (bicyclic) bond motifs is 1. The lowest BCUT2D eigenvalue weighted by Crippen LogP contribution is -1.99. The number of aromatic amines is 1. The fraction of sp³-hybridized carbons (Fsp3) is 0.0667. The Balaban J connectivity index is 2.12. The van der Waals surface area contributed by atoms with E-state index in [0.717, 1.165) is 11.1 Å². The maximum atomic E-state index is 11.3. The standard InChI is InChI=1S/C15H10Cl2N2O2/c16-10-5-4-8(11(17)7-10)6-9-2-1-3-12-13(9)14(15(20)21)19-18-12/h1-5,7H,6H2,(H,18,19)(H,20,21). The van der Waals surface area contributed by atoms with Gasteiger partial charge in [0, 0.05) is 15.4 Å². The van der Waals surface area contributed by atoms with E-state index >= 15 is 0 Å². The van der Waals surface area contributed by atoms with Crippen LogP contribution >= 0.6 is 23.2 Å². The molecule has 0 saturated carbocycles. The average Bonchev–Trinajstić information content (AvgIpc) is 2.87. The van der Waals surface area contributed by atoms with Crippen LogP contribution in [0.5, 0.6) is 0 Å². The molecule has 6 heteroatoms. The molecule has 3 aromatic rings. The topological polar surface area (TPSA) is 66.0 Å². The third kappa shape index (κ3) is 2.60. The largest absolute Gasteiger partial charge is 0.476 e. The molecule has 1 aromatic heterocycles. The van der Waals surface area contributed by atoms with Gasteiger partial charge in [0.15, 0.2) is 5.69 Å². The monoisotopic (exact) mass is 320 g/mol. The third-order valence-electron chi connectivity index (χ3n) is 3.27. The first-order valence-corrected chi connectivity index (χ1v) is 6.95. The lowest BCUT2D eigenvalue weighted by molar-refractivity contribution is 0.0692. The average molecular weight is 321 g/mol. The summed E-state index contributed by atoms with van der Waals surface area (Å²) in [6, 6.07) is 10.8. The van der Waals surface area contributed by atoms with E-state index < -0.39 is 5.97 Å². The van der Waals surface area contributed by atoms with Gasteiger partial charge in [-0.3, -0.25) is 5.10 Å². The van der Waals surface area contributed by atoms with Gasteiger partial charge < -0.3 is 5.11 Å². The molecule has 0 unspecified atom stereocenters. The molecule has 3 rings (SSSR count). The van der Waals surface area contributed by atoms with E-state index in [1.54, 1.807) is 18.2 Å². The predicted octanol–water partition coefficient (Wildman–Crippen LogP) is 4.16. The Hall–Kier alpha value is -2.04. The quantitative estimate of drug-likeness (QED) is 0.761. The Kier molecular flexibility index (Phi) is 3.57. The Labute approximate surface area is 130 Å². The molecule has 0 aliphatic carbocycles. The highest BCUT2D eigenvalue weighted by molar-refractivity contribution is 6.35. The second-order valence-corrected chi connectivity index (χ2v) is 5.47. The molecular formula is C15H10Cl2N2O2. The molecule has 106 valence electrons. The van der Waals surface area contributed by atoms with Crippen molar-refractivity contribution in [3.63, 3.8) is 0 Å². The number of aromatic nitrogens is 2. The minimum Gasteiger partial charge on any atom is -0.476 e. The van der Waals surface area contributed by atoms with Gasteiger partial charge >= 0.3 is 5.97 Å². The summed E-state index contributed by atoms with van der Waals surface area (Å²) in [7, 11) is 0. The number of carbonyl (C=O) groups is 1. The summed E-state index contributed by atoms with van der Waals surface area (Å²) in [5, 5.41) is 17.5. The van der Waals surface area contributed by atoms with E-state index in [4.69, 9.17) is 23.2 Å². The minimum atomic E-state index is -1.06. The zero-order valence-electron chi connectivity index (χ0n) is 10.7. The second-order valence-electron chi connectivity index (χ2n) is 4.63. The van der Waals surface area contributed by atoms with Crippen LogP contribution in [0.15, 0.2) is 36.4 Å². The smallest absolute Gasteiger partial charge is 0.357 e. The van der Waals surface area contributed by atoms with E-state index in [1.807, 2.05) is 18.2 Å². The molecule has 2 aromatic carbocycles. The van der Waals surface area contributed by atoms with Crippen LogP contribution in [0.3, 0.4) is 0 Å². The molecule has 0 aliphatic rings. The normalized spacial score (nSPS) is 11.0. The molecule has 21 heavy (non-hydrogen) atoms. The molecule has 0 amide bonds. The highest BCUT2D eigenvalue weighted by Crippen LogP contribution is 2.27. The highest BCUT2D eigenvalue weighted by atomic mass is 35.5. The number of benzene rings is 2. The van der Waals surface area contributed by atoms with Crippen molar-refractivity contribution in [2.75, 3.05) is 0 Å². The summed E-state index contributed by atoms with van der Waals surface area (Å²) in [5.41, 5.74) is 2.44. The van der Waals surface area contributed by atoms with Crippen LogP contribution < -0.4 is 0 Å². The number of halogens is 2. The van der Waals surface area contributed by atoms with Crippen molar-refractivity contribution in [2.24, 2.45) is 0 Å². The molecule has 0 bridgehead atoms. The maximum Gasteiger partial charge on any atom is 0.357 e. The maximum absolute atomic E-state index is 11.3. The van der Waals surface area contributed by atoms with Gasteiger partial charge in [-0.25, -0.2) is 4.79 Å². The number of nitrogens with one attached hydrogen (secondary N) is 1. The van der Waals surface area contributed by atoms with Crippen LogP contribution in [-0.4, -0.2) is 21.3 Å². The fourth-order valence-corrected chi connectivity index (χ4v) is 2.79. The number of aromatic carboxylic acids is 1. The Morgan fingerprint density at radius 3 is 2.71 bits per heavy atom. The van der Waals surface area contributed by atoms with E-state index in [1.165, 1.54) is 0 Å². The van der Waals surface area contributed by atoms with Gasteiger partial charge in [-0.1, -0.05) is 41.4 Å². The molecule has 2 N–H and O–H groups in total. The first-order chi connectivity index (χ1) is 10.1. The summed E-state index contributed by atoms with van der Waals surface area (Å²) in [6.07, 6.45) is 0.507. The van der Waals surface area contributed by atoms with Crippen molar-refractivity contribution in [3.05, 3.63) is 63.3 Å². The number of hydrogen-bond acceptors (Lipinski definition) is 2. The summed E-state index contributed by atoms with van der Waals surface area (Å²) >= 11 is 12.1. The fourth-order valence-electron chi connectivity index (χ4n) is 2.32. The van der Waals surface area contributed by atoms with Crippen LogP contribution in [0.4, 0.5) is 0 Å². The van der Waals surface area contributed by atoms with Crippen LogP contribution in [0.2, 0.25) is 10.0 Å². The lowest BCUT2D eigenvalue weighted by atomic mass is 10.00. The number of carboxylic acids is 1. The Bertz CT molecular complexity index is 843. The van der Waals surface area contributed by atoms with Crippen LogP contribution in [0.25, 0.3) is 10.9 Å². The first-order valence-electron chi connectivity index (χ1n) is 6.19. The summed E-state index contributed by atoms with van der Waals surface area (Å²) in [5.74, 6) is -1.06. The van der Waals surface area contributed by atoms with Crippen molar-refractivity contribution >= 4 is 40.1 Å². The van der Waals surface area contributed by atoms with Gasteiger partial charge in [0.1, 0.15) is 0 Å². The SMILES string of the molecule is O=C(O)c1n[nH]c2cccc(Cc3ccc(Cl)cc3Cl)c12. The highest BCUT2D eigenvalue weighted by Gasteiger charge is 2.16. The van der Waals surface area contributed by atoms with Crippen LogP contribution in [-0.2, 0) is 6.42 Å². The molecule has 0 radical (unpaired) electrons. The molecule has 0 fully saturated rings. The van der Waals surface area contributed by atoms with Crippen molar-refractivity contribution in [2.45, 2.75) is 6.42 Å². The van der Waals surface area contributed by atoms with Gasteiger partial charge in [-0.15, -0.1) is 0 Å². The van der Waals surface area contributed by atoms with E-state index in [-0.39, 0.29) is 5.69 Å². The first kappa shape index (κ1) is 13.9. The zero-order valence-corrected chi connectivity index (χ0v) is 12.2.